The van der Waals surface area contributed by atoms with Crippen molar-refractivity contribution in [3.05, 3.63) is 70.3 Å². The van der Waals surface area contributed by atoms with Crippen molar-refractivity contribution in [2.75, 3.05) is 0 Å². The minimum absolute atomic E-state index is 0.229. The number of hydrogen-bond acceptors (Lipinski definition) is 4. The molecule has 33 heavy (non-hydrogen) atoms. The summed E-state index contributed by atoms with van der Waals surface area (Å²) in [6.07, 6.45) is -8.12. The zero-order valence-electron chi connectivity index (χ0n) is 16.7. The Balaban J connectivity index is 1.94. The number of rotatable bonds is 4. The van der Waals surface area contributed by atoms with Crippen molar-refractivity contribution < 1.29 is 36.2 Å². The number of fused-ring (bicyclic) bond motifs is 2. The van der Waals surface area contributed by atoms with E-state index in [0.717, 1.165) is 29.8 Å². The maximum absolute atomic E-state index is 13.9. The molecule has 10 heteroatoms. The average Bonchev–Trinajstić information content (AvgIpc) is 2.74. The van der Waals surface area contributed by atoms with E-state index in [4.69, 9.17) is 9.47 Å². The van der Waals surface area contributed by atoms with E-state index in [9.17, 15) is 26.7 Å². The van der Waals surface area contributed by atoms with Gasteiger partial charge in [-0.1, -0.05) is 30.3 Å². The van der Waals surface area contributed by atoms with Crippen LogP contribution < -0.4 is 9.47 Å². The van der Waals surface area contributed by atoms with E-state index in [1.165, 1.54) is 0 Å². The van der Waals surface area contributed by atoms with Crippen molar-refractivity contribution in [3.8, 4) is 17.2 Å². The third-order valence-electron chi connectivity index (χ3n) is 4.71. The minimum Gasteiger partial charge on any atom is -0.456 e. The van der Waals surface area contributed by atoms with Crippen LogP contribution in [0.1, 0.15) is 24.6 Å². The summed E-state index contributed by atoms with van der Waals surface area (Å²) in [7, 11) is 0. The highest BCUT2D eigenvalue weighted by Crippen LogP contribution is 2.43. The number of hydrogen-bond donors (Lipinski definition) is 0. The fourth-order valence-electron chi connectivity index (χ4n) is 3.34. The van der Waals surface area contributed by atoms with Gasteiger partial charge in [0.25, 0.3) is 6.43 Å². The second kappa shape index (κ2) is 8.58. The standard InChI is InChI=1S/C23H13BrF5NO3/c1-11(31)32-19-10-17(22(25)26)30-21-15(19)8-13(9-16(21)23(27,28)29)33-18-7-6-12-4-2-3-5-14(12)20(18)24/h2-10,22H,1H3. The molecule has 4 nitrogen and oxygen atoms in total. The second-order valence-electron chi connectivity index (χ2n) is 7.01. The van der Waals surface area contributed by atoms with Gasteiger partial charge >= 0.3 is 12.1 Å². The molecule has 0 saturated carbocycles. The van der Waals surface area contributed by atoms with Crippen molar-refractivity contribution in [1.29, 1.82) is 0 Å². The lowest BCUT2D eigenvalue weighted by atomic mass is 10.1. The summed E-state index contributed by atoms with van der Waals surface area (Å²) in [6, 6.07) is 13.2. The number of aromatic nitrogens is 1. The van der Waals surface area contributed by atoms with Crippen molar-refractivity contribution in [3.63, 3.8) is 0 Å². The summed E-state index contributed by atoms with van der Waals surface area (Å²) in [6.45, 7) is 1.01. The zero-order chi connectivity index (χ0) is 23.9. The summed E-state index contributed by atoms with van der Waals surface area (Å²) in [5.74, 6) is -1.38. The summed E-state index contributed by atoms with van der Waals surface area (Å²) in [5.41, 5.74) is -3.03. The molecule has 170 valence electrons. The van der Waals surface area contributed by atoms with E-state index in [0.29, 0.717) is 10.5 Å². The normalized spacial score (nSPS) is 11.9. The molecule has 0 bridgehead atoms. The maximum atomic E-state index is 13.9. The monoisotopic (exact) mass is 525 g/mol. The first-order valence-electron chi connectivity index (χ1n) is 9.42. The lowest BCUT2D eigenvalue weighted by Crippen LogP contribution is -2.10. The molecular formula is C23H13BrF5NO3. The topological polar surface area (TPSA) is 48.4 Å². The third kappa shape index (κ3) is 4.61. The first-order valence-corrected chi connectivity index (χ1v) is 10.2. The van der Waals surface area contributed by atoms with Gasteiger partial charge in [0.15, 0.2) is 0 Å². The molecule has 3 aromatic carbocycles. The van der Waals surface area contributed by atoms with Gasteiger partial charge in [0.1, 0.15) is 22.9 Å². The molecule has 0 atom stereocenters. The van der Waals surface area contributed by atoms with Crippen LogP contribution in [-0.4, -0.2) is 11.0 Å². The molecule has 0 unspecified atom stereocenters. The number of esters is 1. The molecule has 0 spiro atoms. The van der Waals surface area contributed by atoms with E-state index in [-0.39, 0.29) is 16.9 Å². The number of carbonyl (C=O) groups excluding carboxylic acids is 1. The SMILES string of the molecule is CC(=O)Oc1cc(C(F)F)nc2c(C(F)(F)F)cc(Oc3ccc4ccccc4c3Br)cc12. The van der Waals surface area contributed by atoms with Gasteiger partial charge < -0.3 is 9.47 Å². The fraction of sp³-hybridized carbons (Fsp3) is 0.130. The first-order chi connectivity index (χ1) is 15.5. The number of halogens is 6. The molecule has 0 saturated heterocycles. The molecule has 1 heterocycles. The Hall–Kier alpha value is -3.27. The molecule has 4 aromatic rings. The first kappa shape index (κ1) is 22.9. The highest BCUT2D eigenvalue weighted by atomic mass is 79.9. The van der Waals surface area contributed by atoms with Gasteiger partial charge in [-0.15, -0.1) is 0 Å². The van der Waals surface area contributed by atoms with Crippen molar-refractivity contribution >= 4 is 43.6 Å². The fourth-order valence-corrected chi connectivity index (χ4v) is 3.91. The molecule has 0 N–H and O–H groups in total. The van der Waals surface area contributed by atoms with Crippen LogP contribution in [0.2, 0.25) is 0 Å². The minimum atomic E-state index is -4.94. The van der Waals surface area contributed by atoms with Gasteiger partial charge in [0.05, 0.1) is 15.6 Å². The summed E-state index contributed by atoms with van der Waals surface area (Å²) < 4.78 is 79.3. The van der Waals surface area contributed by atoms with E-state index >= 15 is 0 Å². The Bertz CT molecular complexity index is 1390. The third-order valence-corrected chi connectivity index (χ3v) is 5.53. The Morgan fingerprint density at radius 3 is 2.39 bits per heavy atom. The molecular weight excluding hydrogens is 513 g/mol. The summed E-state index contributed by atoms with van der Waals surface area (Å²) in [5, 5.41) is 1.36. The summed E-state index contributed by atoms with van der Waals surface area (Å²) >= 11 is 3.41. The predicted octanol–water partition coefficient (Wildman–Crippen LogP) is 7.82. The Morgan fingerprint density at radius 1 is 1.00 bits per heavy atom. The lowest BCUT2D eigenvalue weighted by molar-refractivity contribution is -0.136. The highest BCUT2D eigenvalue weighted by molar-refractivity contribution is 9.10. The highest BCUT2D eigenvalue weighted by Gasteiger charge is 2.35. The Kier molecular flexibility index (Phi) is 5.96. The molecule has 0 amide bonds. The van der Waals surface area contributed by atoms with Crippen LogP contribution in [-0.2, 0) is 11.0 Å². The largest absolute Gasteiger partial charge is 0.456 e. The molecule has 0 fully saturated rings. The molecule has 0 aliphatic carbocycles. The number of benzene rings is 3. The number of pyridine rings is 1. The van der Waals surface area contributed by atoms with Crippen molar-refractivity contribution in [2.24, 2.45) is 0 Å². The second-order valence-corrected chi connectivity index (χ2v) is 7.80. The lowest BCUT2D eigenvalue weighted by Gasteiger charge is -2.17. The maximum Gasteiger partial charge on any atom is 0.418 e. The molecule has 4 rings (SSSR count). The van der Waals surface area contributed by atoms with E-state index in [1.807, 2.05) is 18.2 Å². The van der Waals surface area contributed by atoms with Crippen LogP contribution >= 0.6 is 15.9 Å². The molecule has 0 aliphatic rings. The predicted molar refractivity (Wildman–Crippen MR) is 115 cm³/mol. The molecule has 1 aromatic heterocycles. The number of alkyl halides is 5. The van der Waals surface area contributed by atoms with Crippen LogP contribution in [0.4, 0.5) is 22.0 Å². The van der Waals surface area contributed by atoms with Crippen LogP contribution in [0, 0.1) is 0 Å². The van der Waals surface area contributed by atoms with Crippen LogP contribution in [0.15, 0.2) is 59.1 Å². The van der Waals surface area contributed by atoms with Crippen LogP contribution in [0.5, 0.6) is 17.2 Å². The van der Waals surface area contributed by atoms with Gasteiger partial charge in [0.2, 0.25) is 0 Å². The molecule has 0 radical (unpaired) electrons. The zero-order valence-corrected chi connectivity index (χ0v) is 18.3. The summed E-state index contributed by atoms with van der Waals surface area (Å²) in [4.78, 5) is 15.0. The number of ether oxygens (including phenoxy) is 2. The van der Waals surface area contributed by atoms with Gasteiger partial charge in [-0.3, -0.25) is 4.79 Å². The van der Waals surface area contributed by atoms with Crippen molar-refractivity contribution in [2.45, 2.75) is 19.5 Å². The number of nitrogens with zero attached hydrogens (tertiary/aromatic N) is 1. The Morgan fingerprint density at radius 2 is 1.73 bits per heavy atom. The van der Waals surface area contributed by atoms with Crippen LogP contribution in [0.3, 0.4) is 0 Å². The Labute approximate surface area is 192 Å². The van der Waals surface area contributed by atoms with Gasteiger partial charge in [-0.25, -0.2) is 13.8 Å². The van der Waals surface area contributed by atoms with E-state index in [2.05, 4.69) is 20.9 Å². The van der Waals surface area contributed by atoms with E-state index in [1.54, 1.807) is 18.2 Å². The van der Waals surface area contributed by atoms with E-state index < -0.39 is 41.1 Å². The smallest absolute Gasteiger partial charge is 0.418 e. The quantitative estimate of drug-likeness (QED) is 0.201. The van der Waals surface area contributed by atoms with Crippen LogP contribution in [0.25, 0.3) is 21.7 Å². The van der Waals surface area contributed by atoms with Gasteiger partial charge in [-0.2, -0.15) is 13.2 Å². The average molecular weight is 526 g/mol. The van der Waals surface area contributed by atoms with Gasteiger partial charge in [-0.05, 0) is 44.9 Å². The molecule has 0 aliphatic heterocycles. The van der Waals surface area contributed by atoms with Crippen molar-refractivity contribution in [1.82, 2.24) is 4.98 Å². The number of carbonyl (C=O) groups is 1. The van der Waals surface area contributed by atoms with Gasteiger partial charge in [0, 0.05) is 18.4 Å².